The summed E-state index contributed by atoms with van der Waals surface area (Å²) in [4.78, 5) is 28.4. The molecule has 0 unspecified atom stereocenters. The number of amides is 1. The van der Waals surface area contributed by atoms with Crippen LogP contribution in [0.1, 0.15) is 16.2 Å². The lowest BCUT2D eigenvalue weighted by Gasteiger charge is -2.06. The number of benzene rings is 1. The number of nitrogens with one attached hydrogen (secondary N) is 1. The van der Waals surface area contributed by atoms with Crippen LogP contribution in [0.3, 0.4) is 0 Å². The lowest BCUT2D eigenvalue weighted by atomic mass is 10.1. The van der Waals surface area contributed by atoms with Crippen molar-refractivity contribution in [1.29, 1.82) is 0 Å². The molecule has 7 nitrogen and oxygen atoms in total. The number of hydrogen-bond donors (Lipinski definition) is 1. The van der Waals surface area contributed by atoms with Crippen molar-refractivity contribution >= 4 is 22.9 Å². The van der Waals surface area contributed by atoms with E-state index in [4.69, 9.17) is 0 Å². The Morgan fingerprint density at radius 1 is 1.17 bits per heavy atom. The minimum Gasteiger partial charge on any atom is -0.267 e. The molecule has 0 atom stereocenters. The zero-order valence-corrected chi connectivity index (χ0v) is 12.3. The Hall–Kier alpha value is -3.35. The molecule has 2 aromatic heterocycles. The van der Waals surface area contributed by atoms with Gasteiger partial charge in [-0.15, -0.1) is 0 Å². The summed E-state index contributed by atoms with van der Waals surface area (Å²) >= 11 is 0. The summed E-state index contributed by atoms with van der Waals surface area (Å²) in [7, 11) is 1.50. The smallest absolute Gasteiger partial charge is 0.267 e. The molecule has 0 aliphatic carbocycles. The minimum absolute atomic E-state index is 0.140. The Bertz CT molecular complexity index is 948. The number of carbonyl (C=O) groups excluding carboxylic acids is 1. The maximum atomic E-state index is 12.3. The molecule has 0 radical (unpaired) electrons. The van der Waals surface area contributed by atoms with Gasteiger partial charge >= 0.3 is 0 Å². The van der Waals surface area contributed by atoms with Gasteiger partial charge in [0.15, 0.2) is 5.69 Å². The second-order valence-corrected chi connectivity index (χ2v) is 4.78. The third-order valence-electron chi connectivity index (χ3n) is 3.22. The van der Waals surface area contributed by atoms with Gasteiger partial charge in [0.2, 0.25) is 0 Å². The van der Waals surface area contributed by atoms with E-state index < -0.39 is 5.91 Å². The molecule has 0 fully saturated rings. The minimum atomic E-state index is -0.496. The number of carbonyl (C=O) groups is 1. The third-order valence-corrected chi connectivity index (χ3v) is 3.22. The van der Waals surface area contributed by atoms with Crippen LogP contribution in [0.15, 0.2) is 58.6 Å². The van der Waals surface area contributed by atoms with Crippen molar-refractivity contribution in [3.8, 4) is 0 Å². The molecule has 114 valence electrons. The van der Waals surface area contributed by atoms with Crippen LogP contribution in [-0.2, 0) is 7.05 Å². The van der Waals surface area contributed by atoms with Gasteiger partial charge in [0.05, 0.1) is 17.3 Å². The Kier molecular flexibility index (Phi) is 3.92. The zero-order chi connectivity index (χ0) is 16.2. The van der Waals surface area contributed by atoms with Gasteiger partial charge in [-0.2, -0.15) is 10.2 Å². The van der Waals surface area contributed by atoms with Crippen LogP contribution in [0, 0.1) is 0 Å². The van der Waals surface area contributed by atoms with Crippen molar-refractivity contribution < 1.29 is 4.79 Å². The Labute approximate surface area is 131 Å². The largest absolute Gasteiger partial charge is 0.292 e. The van der Waals surface area contributed by atoms with E-state index in [0.717, 1.165) is 4.68 Å². The average Bonchev–Trinajstić information content (AvgIpc) is 2.59. The number of nitrogens with zero attached hydrogens (tertiary/aromatic N) is 4. The Balaban J connectivity index is 1.91. The van der Waals surface area contributed by atoms with Crippen LogP contribution in [-0.4, -0.2) is 26.9 Å². The second-order valence-electron chi connectivity index (χ2n) is 4.78. The number of aromatic nitrogens is 3. The molecule has 7 heteroatoms. The summed E-state index contributed by atoms with van der Waals surface area (Å²) in [5.41, 5.74) is 2.90. The Morgan fingerprint density at radius 2 is 1.91 bits per heavy atom. The van der Waals surface area contributed by atoms with Gasteiger partial charge in [0.25, 0.3) is 11.5 Å². The highest BCUT2D eigenvalue weighted by Crippen LogP contribution is 2.12. The van der Waals surface area contributed by atoms with Crippen LogP contribution >= 0.6 is 0 Å². The first kappa shape index (κ1) is 14.6. The van der Waals surface area contributed by atoms with Crippen LogP contribution in [0.5, 0.6) is 0 Å². The molecule has 1 amide bonds. The lowest BCUT2D eigenvalue weighted by molar-refractivity contribution is 0.0950. The summed E-state index contributed by atoms with van der Waals surface area (Å²) in [6, 6.07) is 12.2. The standard InChI is InChI=1S/C16H13N5O2/c1-21-16(23)13-8-3-2-7-12(13)14(20-21)15(22)19-18-10-11-6-4-5-9-17-11/h2-10H,1H3,(H,19,22)/b18-10-. The zero-order valence-electron chi connectivity index (χ0n) is 12.3. The molecule has 2 heterocycles. The summed E-state index contributed by atoms with van der Waals surface area (Å²) in [6.45, 7) is 0. The molecule has 3 aromatic rings. The molecule has 0 spiro atoms. The van der Waals surface area contributed by atoms with Crippen molar-refractivity contribution in [2.75, 3.05) is 0 Å². The predicted molar refractivity (Wildman–Crippen MR) is 86.3 cm³/mol. The van der Waals surface area contributed by atoms with Gasteiger partial charge < -0.3 is 0 Å². The topological polar surface area (TPSA) is 89.2 Å². The first-order valence-corrected chi connectivity index (χ1v) is 6.87. The normalized spacial score (nSPS) is 11.0. The molecule has 3 rings (SSSR count). The van der Waals surface area contributed by atoms with Crippen molar-refractivity contribution in [3.05, 3.63) is 70.4 Å². The quantitative estimate of drug-likeness (QED) is 0.579. The maximum absolute atomic E-state index is 12.3. The molecule has 1 aromatic carbocycles. The van der Waals surface area contributed by atoms with E-state index in [1.165, 1.54) is 13.3 Å². The number of aryl methyl sites for hydroxylation is 1. The number of hydrazone groups is 1. The molecule has 0 saturated carbocycles. The molecule has 23 heavy (non-hydrogen) atoms. The SMILES string of the molecule is Cn1nc(C(=O)N/N=C\c2ccccn2)c2ccccc2c1=O. The van der Waals surface area contributed by atoms with Gasteiger partial charge in [0.1, 0.15) is 0 Å². The summed E-state index contributed by atoms with van der Waals surface area (Å²) in [6.07, 6.45) is 3.06. The number of fused-ring (bicyclic) bond motifs is 1. The van der Waals surface area contributed by atoms with E-state index >= 15 is 0 Å². The predicted octanol–water partition coefficient (Wildman–Crippen LogP) is 1.09. The van der Waals surface area contributed by atoms with Gasteiger partial charge in [-0.3, -0.25) is 14.6 Å². The molecule has 0 bridgehead atoms. The number of hydrogen-bond acceptors (Lipinski definition) is 5. The second kappa shape index (κ2) is 6.18. The van der Waals surface area contributed by atoms with Crippen molar-refractivity contribution in [1.82, 2.24) is 20.2 Å². The first-order valence-electron chi connectivity index (χ1n) is 6.87. The van der Waals surface area contributed by atoms with Crippen LogP contribution in [0.25, 0.3) is 10.8 Å². The molecule has 1 N–H and O–H groups in total. The van der Waals surface area contributed by atoms with E-state index in [1.54, 1.807) is 42.6 Å². The summed E-state index contributed by atoms with van der Waals surface area (Å²) in [5, 5.41) is 8.81. The first-order chi connectivity index (χ1) is 11.2. The summed E-state index contributed by atoms with van der Waals surface area (Å²) in [5.74, 6) is -0.496. The number of pyridine rings is 1. The highest BCUT2D eigenvalue weighted by molar-refractivity contribution is 6.04. The van der Waals surface area contributed by atoms with Crippen LogP contribution in [0.2, 0.25) is 0 Å². The maximum Gasteiger partial charge on any atom is 0.292 e. The Morgan fingerprint density at radius 3 is 2.65 bits per heavy atom. The monoisotopic (exact) mass is 307 g/mol. The average molecular weight is 307 g/mol. The summed E-state index contributed by atoms with van der Waals surface area (Å²) < 4.78 is 1.14. The van der Waals surface area contributed by atoms with Gasteiger partial charge in [-0.05, 0) is 18.2 Å². The molecular formula is C16H13N5O2. The molecular weight excluding hydrogens is 294 g/mol. The van der Waals surface area contributed by atoms with Crippen molar-refractivity contribution in [2.24, 2.45) is 12.1 Å². The van der Waals surface area contributed by atoms with Gasteiger partial charge in [-0.1, -0.05) is 24.3 Å². The lowest BCUT2D eigenvalue weighted by Crippen LogP contribution is -2.27. The van der Waals surface area contributed by atoms with E-state index in [2.05, 4.69) is 20.6 Å². The van der Waals surface area contributed by atoms with E-state index in [9.17, 15) is 9.59 Å². The van der Waals surface area contributed by atoms with E-state index in [0.29, 0.717) is 16.5 Å². The fourth-order valence-corrected chi connectivity index (χ4v) is 2.13. The molecule has 0 aliphatic rings. The van der Waals surface area contributed by atoms with Gasteiger partial charge in [0, 0.05) is 18.6 Å². The third kappa shape index (κ3) is 2.98. The number of rotatable bonds is 3. The van der Waals surface area contributed by atoms with Crippen molar-refractivity contribution in [2.45, 2.75) is 0 Å². The molecule has 0 aliphatic heterocycles. The fraction of sp³-hybridized carbons (Fsp3) is 0.0625. The highest BCUT2D eigenvalue weighted by Gasteiger charge is 2.14. The van der Waals surface area contributed by atoms with Crippen molar-refractivity contribution in [3.63, 3.8) is 0 Å². The van der Waals surface area contributed by atoms with Crippen LogP contribution < -0.4 is 11.0 Å². The molecule has 0 saturated heterocycles. The van der Waals surface area contributed by atoms with E-state index in [1.807, 2.05) is 6.07 Å². The highest BCUT2D eigenvalue weighted by atomic mass is 16.2. The fourth-order valence-electron chi connectivity index (χ4n) is 2.13. The van der Waals surface area contributed by atoms with Gasteiger partial charge in [-0.25, -0.2) is 10.1 Å². The van der Waals surface area contributed by atoms with E-state index in [-0.39, 0.29) is 11.3 Å². The van der Waals surface area contributed by atoms with Crippen LogP contribution in [0.4, 0.5) is 0 Å².